The molecular weight excluding hydrogens is 248 g/mol. The lowest BCUT2D eigenvalue weighted by Gasteiger charge is -2.06. The molecule has 1 aromatic carbocycles. The van der Waals surface area contributed by atoms with Gasteiger partial charge in [0.2, 0.25) is 5.91 Å². The van der Waals surface area contributed by atoms with Crippen LogP contribution in [0, 0.1) is 0 Å². The Kier molecular flexibility index (Phi) is 7.46. The van der Waals surface area contributed by atoms with Crippen LogP contribution in [0.4, 0.5) is 0 Å². The van der Waals surface area contributed by atoms with E-state index in [-0.39, 0.29) is 5.91 Å². The summed E-state index contributed by atoms with van der Waals surface area (Å²) in [7, 11) is 0. The first-order chi connectivity index (χ1) is 8.74. The fraction of sp³-hybridized carbons (Fsp3) is 0.500. The summed E-state index contributed by atoms with van der Waals surface area (Å²) < 4.78 is 0. The van der Waals surface area contributed by atoms with E-state index < -0.39 is 0 Å². The molecule has 1 aromatic rings. The van der Waals surface area contributed by atoms with Gasteiger partial charge in [0.1, 0.15) is 0 Å². The van der Waals surface area contributed by atoms with E-state index in [9.17, 15) is 4.79 Å². The second-order valence-corrected chi connectivity index (χ2v) is 4.73. The van der Waals surface area contributed by atoms with E-state index in [1.165, 1.54) is 0 Å². The molecule has 0 aliphatic carbocycles. The molecule has 0 atom stereocenters. The van der Waals surface area contributed by atoms with Gasteiger partial charge in [0.25, 0.3) is 0 Å². The minimum Gasteiger partial charge on any atom is -0.352 e. The van der Waals surface area contributed by atoms with E-state index in [1.54, 1.807) is 0 Å². The monoisotopic (exact) mass is 268 g/mol. The molecular formula is C14H21ClN2O. The maximum absolute atomic E-state index is 11.6. The third-order valence-electron chi connectivity index (χ3n) is 2.79. The zero-order chi connectivity index (χ0) is 13.2. The minimum absolute atomic E-state index is 0.0858. The van der Waals surface area contributed by atoms with Gasteiger partial charge in [-0.2, -0.15) is 0 Å². The number of hydrogen-bond acceptors (Lipinski definition) is 2. The van der Waals surface area contributed by atoms with Gasteiger partial charge in [0, 0.05) is 18.0 Å². The van der Waals surface area contributed by atoms with Crippen LogP contribution < -0.4 is 11.1 Å². The Balaban J connectivity index is 2.15. The highest BCUT2D eigenvalue weighted by molar-refractivity contribution is 6.31. The summed E-state index contributed by atoms with van der Waals surface area (Å²) in [5.41, 5.74) is 6.36. The van der Waals surface area contributed by atoms with Crippen molar-refractivity contribution in [2.45, 2.75) is 38.6 Å². The molecule has 3 N–H and O–H groups in total. The zero-order valence-corrected chi connectivity index (χ0v) is 11.4. The lowest BCUT2D eigenvalue weighted by atomic mass is 10.1. The fourth-order valence-electron chi connectivity index (χ4n) is 1.71. The first-order valence-corrected chi connectivity index (χ1v) is 6.82. The number of nitrogens with one attached hydrogen (secondary N) is 1. The molecule has 0 radical (unpaired) electrons. The van der Waals surface area contributed by atoms with Crippen molar-refractivity contribution in [3.05, 3.63) is 34.9 Å². The summed E-state index contributed by atoms with van der Waals surface area (Å²) >= 11 is 6.01. The Labute approximate surface area is 114 Å². The highest BCUT2D eigenvalue weighted by Gasteiger charge is 2.03. The fourth-order valence-corrected chi connectivity index (χ4v) is 1.91. The standard InChI is InChI=1S/C14H21ClN2O/c15-13-8-5-4-7-12(13)11-17-14(18)9-3-1-2-6-10-16/h4-5,7-8H,1-3,6,9-11,16H2,(H,17,18). The molecule has 3 nitrogen and oxygen atoms in total. The smallest absolute Gasteiger partial charge is 0.220 e. The molecule has 4 heteroatoms. The summed E-state index contributed by atoms with van der Waals surface area (Å²) in [6, 6.07) is 7.55. The Hall–Kier alpha value is -1.06. The Morgan fingerprint density at radius 3 is 2.61 bits per heavy atom. The van der Waals surface area contributed by atoms with Crippen LogP contribution in [0.1, 0.15) is 37.7 Å². The SMILES string of the molecule is NCCCCCCC(=O)NCc1ccccc1Cl. The van der Waals surface area contributed by atoms with Crippen LogP contribution in [0.5, 0.6) is 0 Å². The number of rotatable bonds is 8. The van der Waals surface area contributed by atoms with Gasteiger partial charge in [0.15, 0.2) is 0 Å². The van der Waals surface area contributed by atoms with Gasteiger partial charge < -0.3 is 11.1 Å². The summed E-state index contributed by atoms with van der Waals surface area (Å²) in [6.07, 6.45) is 4.72. The zero-order valence-electron chi connectivity index (χ0n) is 10.6. The highest BCUT2D eigenvalue weighted by atomic mass is 35.5. The number of carbonyl (C=O) groups excluding carboxylic acids is 1. The van der Waals surface area contributed by atoms with Crippen LogP contribution in [-0.4, -0.2) is 12.5 Å². The van der Waals surface area contributed by atoms with Crippen molar-refractivity contribution in [3.63, 3.8) is 0 Å². The third-order valence-corrected chi connectivity index (χ3v) is 3.16. The molecule has 0 saturated carbocycles. The Bertz CT molecular complexity index is 369. The molecule has 0 fully saturated rings. The number of halogens is 1. The average Bonchev–Trinajstić information content (AvgIpc) is 2.37. The molecule has 0 aliphatic heterocycles. The number of amides is 1. The predicted molar refractivity (Wildman–Crippen MR) is 75.4 cm³/mol. The van der Waals surface area contributed by atoms with Crippen LogP contribution >= 0.6 is 11.6 Å². The van der Waals surface area contributed by atoms with Gasteiger partial charge in [-0.05, 0) is 31.0 Å². The lowest BCUT2D eigenvalue weighted by Crippen LogP contribution is -2.22. The van der Waals surface area contributed by atoms with Gasteiger partial charge in [-0.25, -0.2) is 0 Å². The molecule has 0 bridgehead atoms. The van der Waals surface area contributed by atoms with Crippen molar-refractivity contribution < 1.29 is 4.79 Å². The summed E-state index contributed by atoms with van der Waals surface area (Å²) in [5, 5.41) is 3.58. The molecule has 1 rings (SSSR count). The van der Waals surface area contributed by atoms with Crippen LogP contribution in [0.15, 0.2) is 24.3 Å². The molecule has 0 spiro atoms. The topological polar surface area (TPSA) is 55.1 Å². The molecule has 0 heterocycles. The van der Waals surface area contributed by atoms with E-state index in [4.69, 9.17) is 17.3 Å². The van der Waals surface area contributed by atoms with Crippen LogP contribution in [0.2, 0.25) is 5.02 Å². The lowest BCUT2D eigenvalue weighted by molar-refractivity contribution is -0.121. The number of unbranched alkanes of at least 4 members (excludes halogenated alkanes) is 3. The van der Waals surface area contributed by atoms with Gasteiger partial charge in [-0.3, -0.25) is 4.79 Å². The van der Waals surface area contributed by atoms with E-state index in [0.29, 0.717) is 18.0 Å². The number of hydrogen-bond donors (Lipinski definition) is 2. The molecule has 0 saturated heterocycles. The number of nitrogens with two attached hydrogens (primary N) is 1. The number of benzene rings is 1. The van der Waals surface area contributed by atoms with E-state index >= 15 is 0 Å². The first-order valence-electron chi connectivity index (χ1n) is 6.44. The Morgan fingerprint density at radius 1 is 1.17 bits per heavy atom. The molecule has 0 aliphatic rings. The van der Waals surface area contributed by atoms with Crippen molar-refractivity contribution in [1.82, 2.24) is 5.32 Å². The Morgan fingerprint density at radius 2 is 1.89 bits per heavy atom. The van der Waals surface area contributed by atoms with Crippen LogP contribution in [0.25, 0.3) is 0 Å². The third kappa shape index (κ3) is 6.03. The normalized spacial score (nSPS) is 10.3. The molecule has 100 valence electrons. The minimum atomic E-state index is 0.0858. The van der Waals surface area contributed by atoms with Gasteiger partial charge >= 0.3 is 0 Å². The van der Waals surface area contributed by atoms with Crippen molar-refractivity contribution in [2.24, 2.45) is 5.73 Å². The van der Waals surface area contributed by atoms with Crippen molar-refractivity contribution in [2.75, 3.05) is 6.54 Å². The van der Waals surface area contributed by atoms with Crippen molar-refractivity contribution in [1.29, 1.82) is 0 Å². The van der Waals surface area contributed by atoms with Crippen molar-refractivity contribution in [3.8, 4) is 0 Å². The summed E-state index contributed by atoms with van der Waals surface area (Å²) in [4.78, 5) is 11.6. The molecule has 18 heavy (non-hydrogen) atoms. The maximum atomic E-state index is 11.6. The quantitative estimate of drug-likeness (QED) is 0.713. The molecule has 1 amide bonds. The number of carbonyl (C=O) groups is 1. The van der Waals surface area contributed by atoms with Gasteiger partial charge in [0.05, 0.1) is 0 Å². The van der Waals surface area contributed by atoms with E-state index in [1.807, 2.05) is 24.3 Å². The van der Waals surface area contributed by atoms with Crippen LogP contribution in [0.3, 0.4) is 0 Å². The maximum Gasteiger partial charge on any atom is 0.220 e. The van der Waals surface area contributed by atoms with Crippen LogP contribution in [-0.2, 0) is 11.3 Å². The molecule has 0 unspecified atom stereocenters. The van der Waals surface area contributed by atoms with E-state index in [2.05, 4.69) is 5.32 Å². The van der Waals surface area contributed by atoms with E-state index in [0.717, 1.165) is 37.8 Å². The predicted octanol–water partition coefficient (Wildman–Crippen LogP) is 2.87. The van der Waals surface area contributed by atoms with Crippen molar-refractivity contribution >= 4 is 17.5 Å². The highest BCUT2D eigenvalue weighted by Crippen LogP contribution is 2.14. The van der Waals surface area contributed by atoms with Gasteiger partial charge in [-0.1, -0.05) is 42.6 Å². The largest absolute Gasteiger partial charge is 0.352 e. The summed E-state index contributed by atoms with van der Waals surface area (Å²) in [6.45, 7) is 1.24. The van der Waals surface area contributed by atoms with Gasteiger partial charge in [-0.15, -0.1) is 0 Å². The second-order valence-electron chi connectivity index (χ2n) is 4.32. The average molecular weight is 269 g/mol. The first kappa shape index (κ1) is 15.0. The second kappa shape index (κ2) is 8.95. The molecule has 0 aromatic heterocycles. The summed E-state index contributed by atoms with van der Waals surface area (Å²) in [5.74, 6) is 0.0858.